The lowest BCUT2D eigenvalue weighted by atomic mass is 10.1. The van der Waals surface area contributed by atoms with E-state index >= 15 is 0 Å². The molecule has 0 saturated carbocycles. The first-order valence-corrected chi connectivity index (χ1v) is 4.90. The molecule has 3 nitrogen and oxygen atoms in total. The first kappa shape index (κ1) is 13.0. The molecule has 0 aliphatic rings. The Morgan fingerprint density at radius 2 is 2.07 bits per heavy atom. The van der Waals surface area contributed by atoms with Crippen LogP contribution in [0.1, 0.15) is 40.0 Å². The highest BCUT2D eigenvalue weighted by atomic mass is 16.5. The summed E-state index contributed by atoms with van der Waals surface area (Å²) in [7, 11) is 0. The molecule has 1 unspecified atom stereocenters. The normalized spacial score (nSPS) is 11.8. The van der Waals surface area contributed by atoms with Crippen LogP contribution in [-0.4, -0.2) is 17.2 Å². The van der Waals surface area contributed by atoms with E-state index in [1.165, 1.54) is 6.92 Å². The van der Waals surface area contributed by atoms with Crippen molar-refractivity contribution in [1.82, 2.24) is 0 Å². The van der Waals surface area contributed by atoms with Gasteiger partial charge in [-0.05, 0) is 19.3 Å². The quantitative estimate of drug-likeness (QED) is 0.425. The van der Waals surface area contributed by atoms with Crippen molar-refractivity contribution in [3.8, 4) is 12.0 Å². The Balaban J connectivity index is 3.49. The molecule has 0 rings (SSSR count). The summed E-state index contributed by atoms with van der Waals surface area (Å²) >= 11 is 0. The number of hydrogen-bond acceptors (Lipinski definition) is 3. The molecule has 0 aliphatic heterocycles. The van der Waals surface area contributed by atoms with Gasteiger partial charge in [0.2, 0.25) is 0 Å². The zero-order valence-electron chi connectivity index (χ0n) is 9.04. The van der Waals surface area contributed by atoms with Crippen LogP contribution < -0.4 is 0 Å². The maximum absolute atomic E-state index is 10.7. The average molecular weight is 198 g/mol. The van der Waals surface area contributed by atoms with Crippen molar-refractivity contribution in [2.75, 3.05) is 0 Å². The highest BCUT2D eigenvalue weighted by Gasteiger charge is 2.07. The van der Waals surface area contributed by atoms with Crippen LogP contribution in [0.4, 0.5) is 0 Å². The number of rotatable bonds is 4. The third-order valence-corrected chi connectivity index (χ3v) is 1.65. The average Bonchev–Trinajstić information content (AvgIpc) is 2.09. The van der Waals surface area contributed by atoms with Crippen LogP contribution in [0.25, 0.3) is 0 Å². The van der Waals surface area contributed by atoms with E-state index in [-0.39, 0.29) is 0 Å². The van der Waals surface area contributed by atoms with Crippen LogP contribution in [0.5, 0.6) is 0 Å². The van der Waals surface area contributed by atoms with Crippen molar-refractivity contribution in [1.29, 1.82) is 0 Å². The molecule has 0 aromatic rings. The summed E-state index contributed by atoms with van der Waals surface area (Å²) < 4.78 is 4.46. The highest BCUT2D eigenvalue weighted by molar-refractivity contribution is 5.74. The number of carbonyl (C=O) groups excluding carboxylic acids is 1. The summed E-state index contributed by atoms with van der Waals surface area (Å²) in [5.74, 6) is 2.71. The largest absolute Gasteiger partial charge is 0.382 e. The van der Waals surface area contributed by atoms with E-state index in [0.29, 0.717) is 5.92 Å². The van der Waals surface area contributed by atoms with Crippen LogP contribution in [0.3, 0.4) is 0 Å². The Morgan fingerprint density at radius 3 is 2.57 bits per heavy atom. The minimum Gasteiger partial charge on any atom is -0.382 e. The van der Waals surface area contributed by atoms with Gasteiger partial charge in [-0.3, -0.25) is 0 Å². The second-order valence-electron chi connectivity index (χ2n) is 3.66. The van der Waals surface area contributed by atoms with Gasteiger partial charge in [0.25, 0.3) is 0 Å². The molecule has 0 bridgehead atoms. The molecule has 80 valence electrons. The maximum atomic E-state index is 10.7. The zero-order valence-corrected chi connectivity index (χ0v) is 9.04. The Bertz CT molecular complexity index is 220. The molecule has 0 amide bonds. The smallest absolute Gasteiger partial charge is 0.348 e. The Hall–Kier alpha value is -1.01. The molecule has 0 spiro atoms. The van der Waals surface area contributed by atoms with Gasteiger partial charge in [-0.1, -0.05) is 26.2 Å². The van der Waals surface area contributed by atoms with E-state index in [2.05, 4.69) is 30.6 Å². The van der Waals surface area contributed by atoms with Crippen molar-refractivity contribution in [3.63, 3.8) is 0 Å². The summed E-state index contributed by atoms with van der Waals surface area (Å²) in [4.78, 5) is 10.7. The predicted molar refractivity (Wildman–Crippen MR) is 54.2 cm³/mol. The zero-order chi connectivity index (χ0) is 11.0. The van der Waals surface area contributed by atoms with E-state index < -0.39 is 12.1 Å². The fraction of sp³-hybridized carbons (Fsp3) is 0.727. The van der Waals surface area contributed by atoms with E-state index in [1.54, 1.807) is 0 Å². The molecule has 0 saturated heterocycles. The minimum absolute atomic E-state index is 0.678. The second-order valence-corrected chi connectivity index (χ2v) is 3.66. The van der Waals surface area contributed by atoms with Gasteiger partial charge >= 0.3 is 5.97 Å². The third kappa shape index (κ3) is 7.63. The van der Waals surface area contributed by atoms with Gasteiger partial charge in [0.15, 0.2) is 0 Å². The Kier molecular flexibility index (Phi) is 6.87. The molecule has 0 aromatic heterocycles. The standard InChI is InChI=1S/C11H18O3/c1-9(2)7-5-4-6-8-14-11(13)10(3)12/h9-10,12H,4-5,7H2,1-3H3. The summed E-state index contributed by atoms with van der Waals surface area (Å²) in [6.45, 7) is 5.66. The Labute approximate surface area is 85.5 Å². The van der Waals surface area contributed by atoms with Gasteiger partial charge < -0.3 is 9.84 Å². The topological polar surface area (TPSA) is 46.5 Å². The number of unbranched alkanes of at least 4 members (excludes halogenated alkanes) is 1. The van der Waals surface area contributed by atoms with Gasteiger partial charge in [0.1, 0.15) is 12.2 Å². The first-order valence-electron chi connectivity index (χ1n) is 4.90. The fourth-order valence-electron chi connectivity index (χ4n) is 0.821. The molecule has 0 fully saturated rings. The van der Waals surface area contributed by atoms with Crippen molar-refractivity contribution in [2.45, 2.75) is 46.1 Å². The molecule has 0 heterocycles. The van der Waals surface area contributed by atoms with Crippen molar-refractivity contribution < 1.29 is 14.6 Å². The van der Waals surface area contributed by atoms with Gasteiger partial charge in [-0.25, -0.2) is 4.79 Å². The van der Waals surface area contributed by atoms with E-state index in [1.807, 2.05) is 0 Å². The molecule has 14 heavy (non-hydrogen) atoms. The lowest BCUT2D eigenvalue weighted by Crippen LogP contribution is -2.16. The number of esters is 1. The number of carbonyl (C=O) groups is 1. The van der Waals surface area contributed by atoms with Gasteiger partial charge in [0.05, 0.1) is 0 Å². The second kappa shape index (κ2) is 7.40. The maximum Gasteiger partial charge on any atom is 0.348 e. The molecule has 0 aromatic carbocycles. The fourth-order valence-corrected chi connectivity index (χ4v) is 0.821. The summed E-state index contributed by atoms with van der Waals surface area (Å²) in [6, 6.07) is 0. The molecule has 1 atom stereocenters. The molecular formula is C11H18O3. The lowest BCUT2D eigenvalue weighted by Gasteiger charge is -1.99. The minimum atomic E-state index is -1.10. The molecular weight excluding hydrogens is 180 g/mol. The van der Waals surface area contributed by atoms with Gasteiger partial charge in [0, 0.05) is 6.42 Å². The highest BCUT2D eigenvalue weighted by Crippen LogP contribution is 2.04. The van der Waals surface area contributed by atoms with E-state index in [0.717, 1.165) is 19.3 Å². The van der Waals surface area contributed by atoms with Crippen LogP contribution >= 0.6 is 0 Å². The van der Waals surface area contributed by atoms with Gasteiger partial charge in [-0.15, -0.1) is 0 Å². The molecule has 3 heteroatoms. The summed E-state index contributed by atoms with van der Waals surface area (Å²) in [5, 5.41) is 8.75. The summed E-state index contributed by atoms with van der Waals surface area (Å²) in [5.41, 5.74) is 0. The van der Waals surface area contributed by atoms with Crippen molar-refractivity contribution >= 4 is 5.97 Å². The van der Waals surface area contributed by atoms with Crippen LogP contribution in [0, 0.1) is 17.9 Å². The first-order chi connectivity index (χ1) is 6.54. The number of aliphatic hydroxyl groups is 1. The molecule has 0 radical (unpaired) electrons. The van der Waals surface area contributed by atoms with E-state index in [4.69, 9.17) is 5.11 Å². The molecule has 0 aliphatic carbocycles. The van der Waals surface area contributed by atoms with Crippen LogP contribution in [-0.2, 0) is 9.53 Å². The van der Waals surface area contributed by atoms with Crippen LogP contribution in [0.15, 0.2) is 0 Å². The summed E-state index contributed by atoms with van der Waals surface area (Å²) in [6.07, 6.45) is 4.05. The van der Waals surface area contributed by atoms with Crippen LogP contribution in [0.2, 0.25) is 0 Å². The van der Waals surface area contributed by atoms with Crippen molar-refractivity contribution in [3.05, 3.63) is 0 Å². The third-order valence-electron chi connectivity index (χ3n) is 1.65. The monoisotopic (exact) mass is 198 g/mol. The van der Waals surface area contributed by atoms with Gasteiger partial charge in [-0.2, -0.15) is 0 Å². The predicted octanol–water partition coefficient (Wildman–Crippen LogP) is 1.70. The lowest BCUT2D eigenvalue weighted by molar-refractivity contribution is -0.145. The van der Waals surface area contributed by atoms with Crippen molar-refractivity contribution in [2.24, 2.45) is 5.92 Å². The number of aliphatic hydroxyl groups excluding tert-OH is 1. The Morgan fingerprint density at radius 1 is 1.43 bits per heavy atom. The number of hydrogen-bond donors (Lipinski definition) is 1. The molecule has 1 N–H and O–H groups in total. The SMILES string of the molecule is CC(C)CCCC#COC(=O)C(C)O. The van der Waals surface area contributed by atoms with E-state index in [9.17, 15) is 4.79 Å². The number of ether oxygens (including phenoxy) is 1.